The normalized spacial score (nSPS) is 16.4. The highest BCUT2D eigenvalue weighted by atomic mass is 19.4. The first kappa shape index (κ1) is 39.3. The van der Waals surface area contributed by atoms with Crippen LogP contribution in [-0.4, -0.2) is 76.9 Å². The van der Waals surface area contributed by atoms with Crippen LogP contribution in [0.2, 0.25) is 0 Å². The van der Waals surface area contributed by atoms with Gasteiger partial charge < -0.3 is 25.2 Å². The summed E-state index contributed by atoms with van der Waals surface area (Å²) in [6.07, 6.45) is -1.47. The van der Waals surface area contributed by atoms with Gasteiger partial charge in [-0.2, -0.15) is 13.2 Å². The zero-order valence-electron chi connectivity index (χ0n) is 31.0. The van der Waals surface area contributed by atoms with Crippen molar-refractivity contribution in [3.8, 4) is 11.3 Å². The van der Waals surface area contributed by atoms with Crippen LogP contribution in [0.25, 0.3) is 22.0 Å². The summed E-state index contributed by atoms with van der Waals surface area (Å²) in [6.45, 7) is 4.46. The Kier molecular flexibility index (Phi) is 11.5. The number of amides is 1. The number of aliphatic carboxylic acids is 1. The van der Waals surface area contributed by atoms with Crippen molar-refractivity contribution in [3.63, 3.8) is 0 Å². The minimum absolute atomic E-state index is 0.00519. The van der Waals surface area contributed by atoms with Gasteiger partial charge in [-0.3, -0.25) is 19.2 Å². The van der Waals surface area contributed by atoms with E-state index in [1.165, 1.54) is 0 Å². The summed E-state index contributed by atoms with van der Waals surface area (Å²) in [4.78, 5) is 64.8. The van der Waals surface area contributed by atoms with Gasteiger partial charge in [0.05, 0.1) is 23.2 Å². The molecule has 5 aromatic rings. The first-order valence-electron chi connectivity index (χ1n) is 19.0. The summed E-state index contributed by atoms with van der Waals surface area (Å²) in [5, 5.41) is 15.5. The zero-order chi connectivity index (χ0) is 40.3. The van der Waals surface area contributed by atoms with Gasteiger partial charge in [-0.1, -0.05) is 84.9 Å². The molecule has 0 saturated carbocycles. The van der Waals surface area contributed by atoms with Gasteiger partial charge in [0, 0.05) is 46.1 Å². The van der Waals surface area contributed by atoms with E-state index < -0.39 is 12.1 Å². The minimum Gasteiger partial charge on any atom is -0.475 e. The van der Waals surface area contributed by atoms with Gasteiger partial charge in [0.25, 0.3) is 11.5 Å². The highest BCUT2D eigenvalue weighted by molar-refractivity contribution is 6.26. The van der Waals surface area contributed by atoms with Crippen molar-refractivity contribution in [2.24, 2.45) is 0 Å². The Hall–Kier alpha value is -5.92. The molecule has 0 bridgehead atoms. The van der Waals surface area contributed by atoms with Crippen molar-refractivity contribution in [2.75, 3.05) is 32.7 Å². The van der Waals surface area contributed by atoms with E-state index in [1.807, 2.05) is 102 Å². The second-order valence-corrected chi connectivity index (χ2v) is 14.3. The molecule has 2 atom stereocenters. The number of nitrogens with one attached hydrogen (secondary N) is 2. The van der Waals surface area contributed by atoms with E-state index in [0.29, 0.717) is 35.2 Å². The van der Waals surface area contributed by atoms with Gasteiger partial charge in [-0.25, -0.2) is 4.79 Å². The van der Waals surface area contributed by atoms with Crippen LogP contribution < -0.4 is 16.2 Å². The number of benzene rings is 4. The molecule has 57 heavy (non-hydrogen) atoms. The molecule has 8 rings (SSSR count). The smallest absolute Gasteiger partial charge is 0.475 e. The van der Waals surface area contributed by atoms with Gasteiger partial charge in [0.15, 0.2) is 11.6 Å². The lowest BCUT2D eigenvalue weighted by molar-refractivity contribution is -0.192. The molecule has 4 aromatic carbocycles. The summed E-state index contributed by atoms with van der Waals surface area (Å²) in [5.74, 6) is -2.99. The maximum Gasteiger partial charge on any atom is 0.490 e. The number of Topliss-reactive ketones (excluding diaryl/α,β-unsaturated/α-hetero) is 1. The SMILES string of the molecule is O=C(O)C(F)(F)F.O=C1c2ccccc2-c2c1c1ccccc1c(=O)n2CCCNCCCCNCCCN1C(=O)c2ccccc2C2C(=O)c3ccccc3C21. The third-order valence-electron chi connectivity index (χ3n) is 10.8. The Bertz CT molecular complexity index is 2430. The monoisotopic (exact) mass is 778 g/mol. The van der Waals surface area contributed by atoms with E-state index in [-0.39, 0.29) is 35.0 Å². The van der Waals surface area contributed by atoms with Crippen LogP contribution in [0.15, 0.2) is 102 Å². The molecule has 0 saturated heterocycles. The van der Waals surface area contributed by atoms with E-state index in [9.17, 15) is 32.3 Å². The Morgan fingerprint density at radius 3 is 1.79 bits per heavy atom. The molecule has 10 nitrogen and oxygen atoms in total. The zero-order valence-corrected chi connectivity index (χ0v) is 31.0. The van der Waals surface area contributed by atoms with E-state index >= 15 is 0 Å². The maximum atomic E-state index is 13.6. The summed E-state index contributed by atoms with van der Waals surface area (Å²) in [5.41, 5.74) is 6.02. The Morgan fingerprint density at radius 1 is 0.632 bits per heavy atom. The van der Waals surface area contributed by atoms with Crippen molar-refractivity contribution >= 4 is 34.2 Å². The van der Waals surface area contributed by atoms with Crippen molar-refractivity contribution in [2.45, 2.75) is 50.4 Å². The highest BCUT2D eigenvalue weighted by Crippen LogP contribution is 2.50. The van der Waals surface area contributed by atoms with Gasteiger partial charge in [0.1, 0.15) is 0 Å². The van der Waals surface area contributed by atoms with Crippen LogP contribution in [0.1, 0.15) is 85.4 Å². The molecule has 0 radical (unpaired) electrons. The standard InChI is InChI=1S/C42H40N4O4.C2HF3O2/c47-39-31-17-5-3-15-29(31)37-35(39)27-13-1-7-19-33(27)41(49)45(37)25-11-23-43-21-9-10-22-44-24-12-26-46-38-30-16-4-6-18-32(30)40(48)36(38)28-14-2-8-20-34(28)42(46)50;3-2(4,5)1(6)7/h1-8,13-20,35,37,43-44H,9-12,21-26H2;(H,6,7). The molecule has 2 aliphatic carbocycles. The number of pyridine rings is 1. The van der Waals surface area contributed by atoms with Crippen LogP contribution in [0, 0.1) is 0 Å². The van der Waals surface area contributed by atoms with Crippen LogP contribution in [0.3, 0.4) is 0 Å². The van der Waals surface area contributed by atoms with E-state index in [2.05, 4.69) is 10.6 Å². The van der Waals surface area contributed by atoms with Gasteiger partial charge in [-0.05, 0) is 75.1 Å². The van der Waals surface area contributed by atoms with Crippen LogP contribution in [0.5, 0.6) is 0 Å². The number of rotatable bonds is 13. The third kappa shape index (κ3) is 7.64. The quantitative estimate of drug-likeness (QED) is 0.109. The molecule has 2 heterocycles. The van der Waals surface area contributed by atoms with Gasteiger partial charge >= 0.3 is 12.1 Å². The topological polar surface area (TPSA) is 138 Å². The van der Waals surface area contributed by atoms with Gasteiger partial charge in [-0.15, -0.1) is 0 Å². The van der Waals surface area contributed by atoms with Crippen molar-refractivity contribution in [1.29, 1.82) is 0 Å². The lowest BCUT2D eigenvalue weighted by Crippen LogP contribution is -2.43. The Morgan fingerprint density at radius 2 is 1.14 bits per heavy atom. The first-order chi connectivity index (χ1) is 27.5. The highest BCUT2D eigenvalue weighted by Gasteiger charge is 2.49. The number of hydrogen-bond acceptors (Lipinski definition) is 7. The second kappa shape index (κ2) is 16.7. The Balaban J connectivity index is 0.000000651. The number of carboxylic acid groups (broad SMARTS) is 1. The molecule has 3 aliphatic rings. The lowest BCUT2D eigenvalue weighted by Gasteiger charge is -2.38. The molecule has 0 fully saturated rings. The molecule has 1 aliphatic heterocycles. The first-order valence-corrected chi connectivity index (χ1v) is 19.0. The average molecular weight is 779 g/mol. The predicted molar refractivity (Wildman–Crippen MR) is 209 cm³/mol. The summed E-state index contributed by atoms with van der Waals surface area (Å²) >= 11 is 0. The number of alkyl halides is 3. The molecular formula is C44H41F3N4O6. The van der Waals surface area contributed by atoms with Crippen LogP contribution in [0.4, 0.5) is 13.2 Å². The maximum absolute atomic E-state index is 13.6. The molecule has 0 spiro atoms. The molecule has 1 amide bonds. The fourth-order valence-electron chi connectivity index (χ4n) is 8.24. The molecule has 13 heteroatoms. The number of carbonyl (C=O) groups is 4. The van der Waals surface area contributed by atoms with Crippen LogP contribution >= 0.6 is 0 Å². The van der Waals surface area contributed by atoms with Crippen molar-refractivity contribution in [3.05, 3.63) is 141 Å². The molecule has 1 aromatic heterocycles. The summed E-state index contributed by atoms with van der Waals surface area (Å²) < 4.78 is 33.5. The number of fused-ring (bicyclic) bond motifs is 10. The number of aromatic nitrogens is 1. The molecule has 2 unspecified atom stereocenters. The second-order valence-electron chi connectivity index (χ2n) is 14.3. The number of nitrogens with zero attached hydrogens (tertiary/aromatic N) is 2. The van der Waals surface area contributed by atoms with Gasteiger partial charge in [0.2, 0.25) is 0 Å². The fraction of sp³-hybridized carbons (Fsp3) is 0.295. The molecule has 294 valence electrons. The molecular weight excluding hydrogens is 737 g/mol. The fourth-order valence-corrected chi connectivity index (χ4v) is 8.24. The predicted octanol–water partition coefficient (Wildman–Crippen LogP) is 6.76. The number of carboxylic acids is 1. The van der Waals surface area contributed by atoms with Crippen molar-refractivity contribution in [1.82, 2.24) is 20.1 Å². The van der Waals surface area contributed by atoms with E-state index in [1.54, 1.807) is 4.57 Å². The molecule has 3 N–H and O–H groups in total. The largest absolute Gasteiger partial charge is 0.490 e. The number of ketones is 2. The minimum atomic E-state index is -5.08. The number of hydrogen-bond donors (Lipinski definition) is 3. The summed E-state index contributed by atoms with van der Waals surface area (Å²) in [7, 11) is 0. The Labute approximate surface area is 326 Å². The third-order valence-corrected chi connectivity index (χ3v) is 10.8. The van der Waals surface area contributed by atoms with E-state index in [4.69, 9.17) is 9.90 Å². The number of halogens is 3. The number of unbranched alkanes of at least 4 members (excludes halogenated alkanes) is 1. The number of carbonyl (C=O) groups excluding carboxylic acids is 3. The average Bonchev–Trinajstić information content (AvgIpc) is 3.68. The van der Waals surface area contributed by atoms with Crippen LogP contribution in [-0.2, 0) is 11.3 Å². The summed E-state index contributed by atoms with van der Waals surface area (Å²) in [6, 6.07) is 30.1. The lowest BCUT2D eigenvalue weighted by atomic mass is 9.83. The van der Waals surface area contributed by atoms with E-state index in [0.717, 1.165) is 85.2 Å². The van der Waals surface area contributed by atoms with Crippen molar-refractivity contribution < 1.29 is 37.5 Å².